The fourth-order valence-corrected chi connectivity index (χ4v) is 3.56. The molecule has 0 saturated heterocycles. The number of rotatable bonds is 8. The maximum Gasteiger partial charge on any atom is 0.236 e. The van der Waals surface area contributed by atoms with Gasteiger partial charge in [0, 0.05) is 6.54 Å². The van der Waals surface area contributed by atoms with E-state index in [0.29, 0.717) is 12.3 Å². The number of nitrogens with two attached hydrogens (primary N) is 1. The molecule has 2 N–H and O–H groups in total. The Morgan fingerprint density at radius 2 is 1.92 bits per heavy atom. The molecule has 6 heteroatoms. The molecule has 1 atom stereocenters. The molecule has 0 aliphatic heterocycles. The molecule has 6 nitrogen and oxygen atoms in total. The maximum absolute atomic E-state index is 12.9. The molecule has 26 heavy (non-hydrogen) atoms. The van der Waals surface area contributed by atoms with Crippen molar-refractivity contribution in [3.8, 4) is 11.8 Å². The van der Waals surface area contributed by atoms with Crippen molar-refractivity contribution in [3.05, 3.63) is 29.8 Å². The van der Waals surface area contributed by atoms with Gasteiger partial charge in [0.05, 0.1) is 13.2 Å². The van der Waals surface area contributed by atoms with Gasteiger partial charge in [0.2, 0.25) is 11.8 Å². The molecule has 1 aliphatic carbocycles. The van der Waals surface area contributed by atoms with Gasteiger partial charge in [0.15, 0.2) is 0 Å². The molecular formula is C20H27N3O3. The lowest BCUT2D eigenvalue weighted by atomic mass is 9.82. The van der Waals surface area contributed by atoms with Crippen molar-refractivity contribution in [3.63, 3.8) is 0 Å². The summed E-state index contributed by atoms with van der Waals surface area (Å²) in [4.78, 5) is 26.3. The number of hydrogen-bond acceptors (Lipinski definition) is 4. The van der Waals surface area contributed by atoms with Gasteiger partial charge in [0.1, 0.15) is 18.2 Å². The lowest BCUT2D eigenvalue weighted by Crippen LogP contribution is -2.42. The lowest BCUT2D eigenvalue weighted by molar-refractivity contribution is -0.142. The Bertz CT molecular complexity index is 645. The van der Waals surface area contributed by atoms with E-state index in [9.17, 15) is 9.59 Å². The molecule has 0 aromatic heterocycles. The summed E-state index contributed by atoms with van der Waals surface area (Å²) < 4.78 is 5.13. The molecule has 2 amide bonds. The standard InChI is InChI=1S/C20H27N3O3/c1-26-17-9-7-16(8-10-17)14-23(12-11-21)20(25)18(19(22)24)13-15-5-3-2-4-6-15/h7-10,15,18H,2-6,12-14H2,1H3,(H2,22,24). The van der Waals surface area contributed by atoms with Gasteiger partial charge in [-0.1, -0.05) is 44.2 Å². The number of primary amides is 1. The SMILES string of the molecule is COc1ccc(CN(CC#N)C(=O)C(CC2CCCCC2)C(N)=O)cc1. The van der Waals surface area contributed by atoms with E-state index in [0.717, 1.165) is 37.0 Å². The predicted octanol–water partition coefficient (Wildman–Crippen LogP) is 2.62. The highest BCUT2D eigenvalue weighted by atomic mass is 16.5. The van der Waals surface area contributed by atoms with Crippen LogP contribution in [-0.4, -0.2) is 30.4 Å². The third kappa shape index (κ3) is 5.48. The molecule has 0 spiro atoms. The van der Waals surface area contributed by atoms with Gasteiger partial charge in [-0.2, -0.15) is 5.26 Å². The normalized spacial score (nSPS) is 15.7. The Morgan fingerprint density at radius 1 is 1.27 bits per heavy atom. The van der Waals surface area contributed by atoms with Crippen LogP contribution in [-0.2, 0) is 16.1 Å². The van der Waals surface area contributed by atoms with Crippen molar-refractivity contribution in [2.45, 2.75) is 45.1 Å². The van der Waals surface area contributed by atoms with Gasteiger partial charge in [-0.25, -0.2) is 0 Å². The molecule has 0 radical (unpaired) electrons. The fourth-order valence-electron chi connectivity index (χ4n) is 3.56. The Labute approximate surface area is 154 Å². The second kappa shape index (κ2) is 9.81. The number of ether oxygens (including phenoxy) is 1. The van der Waals surface area contributed by atoms with E-state index >= 15 is 0 Å². The van der Waals surface area contributed by atoms with Gasteiger partial charge >= 0.3 is 0 Å². The van der Waals surface area contributed by atoms with Crippen LogP contribution in [0.5, 0.6) is 5.75 Å². The average molecular weight is 357 g/mol. The molecule has 1 fully saturated rings. The summed E-state index contributed by atoms with van der Waals surface area (Å²) in [6, 6.07) is 9.31. The Hall–Kier alpha value is -2.55. The minimum absolute atomic E-state index is 0.0701. The minimum atomic E-state index is -0.857. The van der Waals surface area contributed by atoms with Gasteiger partial charge in [-0.3, -0.25) is 9.59 Å². The van der Waals surface area contributed by atoms with Crippen LogP contribution in [0.15, 0.2) is 24.3 Å². The number of hydrogen-bond donors (Lipinski definition) is 1. The van der Waals surface area contributed by atoms with Crippen LogP contribution in [0.3, 0.4) is 0 Å². The van der Waals surface area contributed by atoms with Gasteiger partial charge in [0.25, 0.3) is 0 Å². The van der Waals surface area contributed by atoms with Crippen LogP contribution in [0.4, 0.5) is 0 Å². The first kappa shape index (κ1) is 19.8. The summed E-state index contributed by atoms with van der Waals surface area (Å²) in [6.45, 7) is 0.199. The van der Waals surface area contributed by atoms with E-state index in [1.165, 1.54) is 11.3 Å². The van der Waals surface area contributed by atoms with Crippen LogP contribution < -0.4 is 10.5 Å². The zero-order chi connectivity index (χ0) is 18.9. The summed E-state index contributed by atoms with van der Waals surface area (Å²) in [5.41, 5.74) is 6.40. The van der Waals surface area contributed by atoms with Crippen LogP contribution in [0, 0.1) is 23.2 Å². The lowest BCUT2D eigenvalue weighted by Gasteiger charge is -2.28. The first-order chi connectivity index (χ1) is 12.5. The zero-order valence-electron chi connectivity index (χ0n) is 15.3. The van der Waals surface area contributed by atoms with Crippen molar-refractivity contribution in [1.29, 1.82) is 5.26 Å². The fraction of sp³-hybridized carbons (Fsp3) is 0.550. The van der Waals surface area contributed by atoms with Gasteiger partial charge in [-0.05, 0) is 30.0 Å². The van der Waals surface area contributed by atoms with Crippen LogP contribution >= 0.6 is 0 Å². The molecule has 1 unspecified atom stereocenters. The number of nitrogens with zero attached hydrogens (tertiary/aromatic N) is 2. The second-order valence-electron chi connectivity index (χ2n) is 6.90. The summed E-state index contributed by atoms with van der Waals surface area (Å²) in [7, 11) is 1.59. The smallest absolute Gasteiger partial charge is 0.236 e. The summed E-state index contributed by atoms with van der Waals surface area (Å²) in [6.07, 6.45) is 6.04. The topological polar surface area (TPSA) is 96.4 Å². The molecular weight excluding hydrogens is 330 g/mol. The van der Waals surface area contributed by atoms with Gasteiger partial charge in [-0.15, -0.1) is 0 Å². The first-order valence-corrected chi connectivity index (χ1v) is 9.13. The molecule has 0 heterocycles. The number of nitriles is 1. The number of benzene rings is 1. The van der Waals surface area contributed by atoms with E-state index in [1.807, 2.05) is 18.2 Å². The Morgan fingerprint density at radius 3 is 2.46 bits per heavy atom. The van der Waals surface area contributed by atoms with Crippen molar-refractivity contribution in [2.75, 3.05) is 13.7 Å². The highest BCUT2D eigenvalue weighted by Crippen LogP contribution is 2.30. The summed E-state index contributed by atoms with van der Waals surface area (Å²) in [5, 5.41) is 9.11. The minimum Gasteiger partial charge on any atom is -0.497 e. The summed E-state index contributed by atoms with van der Waals surface area (Å²) in [5.74, 6) is -0.724. The number of carbonyl (C=O) groups is 2. The first-order valence-electron chi connectivity index (χ1n) is 9.13. The van der Waals surface area contributed by atoms with Crippen LogP contribution in [0.2, 0.25) is 0 Å². The van der Waals surface area contributed by atoms with Gasteiger partial charge < -0.3 is 15.4 Å². The van der Waals surface area contributed by atoms with E-state index in [4.69, 9.17) is 15.7 Å². The van der Waals surface area contributed by atoms with Crippen molar-refractivity contribution < 1.29 is 14.3 Å². The molecule has 0 bridgehead atoms. The number of carbonyl (C=O) groups excluding carboxylic acids is 2. The third-order valence-electron chi connectivity index (χ3n) is 5.04. The Balaban J connectivity index is 2.09. The maximum atomic E-state index is 12.9. The summed E-state index contributed by atoms with van der Waals surface area (Å²) >= 11 is 0. The van der Waals surface area contributed by atoms with Crippen molar-refractivity contribution in [1.82, 2.24) is 4.90 Å². The second-order valence-corrected chi connectivity index (χ2v) is 6.90. The molecule has 2 rings (SSSR count). The Kier molecular flexibility index (Phi) is 7.46. The monoisotopic (exact) mass is 357 g/mol. The third-order valence-corrected chi connectivity index (χ3v) is 5.04. The molecule has 1 aliphatic rings. The highest BCUT2D eigenvalue weighted by Gasteiger charge is 2.32. The molecule has 1 saturated carbocycles. The predicted molar refractivity (Wildman–Crippen MR) is 97.9 cm³/mol. The number of methoxy groups -OCH3 is 1. The van der Waals surface area contributed by atoms with Crippen molar-refractivity contribution in [2.24, 2.45) is 17.6 Å². The van der Waals surface area contributed by atoms with Crippen molar-refractivity contribution >= 4 is 11.8 Å². The van der Waals surface area contributed by atoms with E-state index in [1.54, 1.807) is 19.2 Å². The zero-order valence-corrected chi connectivity index (χ0v) is 15.3. The molecule has 1 aromatic carbocycles. The van der Waals surface area contributed by atoms with E-state index in [2.05, 4.69) is 0 Å². The largest absolute Gasteiger partial charge is 0.497 e. The average Bonchev–Trinajstić information content (AvgIpc) is 2.66. The van der Waals surface area contributed by atoms with Crippen LogP contribution in [0.1, 0.15) is 44.1 Å². The number of amides is 2. The highest BCUT2D eigenvalue weighted by molar-refractivity contribution is 5.99. The molecule has 140 valence electrons. The molecule has 1 aromatic rings. The van der Waals surface area contributed by atoms with E-state index in [-0.39, 0.29) is 19.0 Å². The van der Waals surface area contributed by atoms with E-state index < -0.39 is 11.8 Å². The quantitative estimate of drug-likeness (QED) is 0.571. The van der Waals surface area contributed by atoms with Crippen LogP contribution in [0.25, 0.3) is 0 Å².